The highest BCUT2D eigenvalue weighted by Crippen LogP contribution is 2.27. The second-order valence-electron chi connectivity index (χ2n) is 8.27. The van der Waals surface area contributed by atoms with Crippen molar-refractivity contribution in [1.82, 2.24) is 9.47 Å². The summed E-state index contributed by atoms with van der Waals surface area (Å²) in [6.07, 6.45) is 0. The molecule has 124 valence electrons. The Morgan fingerprint density at radius 1 is 0.952 bits per heavy atom. The number of hydrogen-bond donors (Lipinski definition) is 0. The molecule has 0 radical (unpaired) electrons. The number of piperazine rings is 1. The minimum Gasteiger partial charge on any atom is -0.453 e. The molecule has 0 atom stereocenters. The average Bonchev–Trinajstić information content (AvgIpc) is 2.36. The summed E-state index contributed by atoms with van der Waals surface area (Å²) in [7, 11) is -2.24. The fraction of sp³-hybridized carbons (Fsp3) is 0.867. The minimum absolute atomic E-state index is 1.23. The molecular formula is C15H36N2OSi3. The summed E-state index contributed by atoms with van der Waals surface area (Å²) in [6.45, 7) is 23.3. The third kappa shape index (κ3) is 6.50. The van der Waals surface area contributed by atoms with Crippen molar-refractivity contribution in [2.75, 3.05) is 33.2 Å². The van der Waals surface area contributed by atoms with Gasteiger partial charge in [-0.25, -0.2) is 0 Å². The molecule has 0 N–H and O–H groups in total. The Hall–Kier alpha value is 0.271. The van der Waals surface area contributed by atoms with Gasteiger partial charge in [0.05, 0.1) is 0 Å². The summed E-state index contributed by atoms with van der Waals surface area (Å²) in [6, 6.07) is 2.67. The molecule has 6 heteroatoms. The van der Waals surface area contributed by atoms with Gasteiger partial charge >= 0.3 is 0 Å². The van der Waals surface area contributed by atoms with Gasteiger partial charge in [0, 0.05) is 26.2 Å². The van der Waals surface area contributed by atoms with Crippen LogP contribution in [0.5, 0.6) is 0 Å². The molecule has 1 rings (SSSR count). The molecular weight excluding hydrogens is 308 g/mol. The van der Waals surface area contributed by atoms with E-state index >= 15 is 0 Å². The van der Waals surface area contributed by atoms with E-state index in [4.69, 9.17) is 4.12 Å². The van der Waals surface area contributed by atoms with Gasteiger partial charge in [-0.1, -0.05) is 18.8 Å². The third-order valence-electron chi connectivity index (χ3n) is 4.73. The van der Waals surface area contributed by atoms with E-state index in [-0.39, 0.29) is 0 Å². The zero-order valence-electron chi connectivity index (χ0n) is 15.3. The van der Waals surface area contributed by atoms with Crippen LogP contribution in [-0.2, 0) is 4.12 Å². The van der Waals surface area contributed by atoms with Crippen molar-refractivity contribution >= 4 is 24.9 Å². The Morgan fingerprint density at radius 3 is 1.95 bits per heavy atom. The fourth-order valence-electron chi connectivity index (χ4n) is 2.98. The first-order valence-electron chi connectivity index (χ1n) is 8.25. The lowest BCUT2D eigenvalue weighted by Crippen LogP contribution is -2.57. The summed E-state index contributed by atoms with van der Waals surface area (Å²) in [5.41, 5.74) is 2.07. The lowest BCUT2D eigenvalue weighted by Gasteiger charge is -2.43. The standard InChI is InChI=1S/C15H36N2OSi3/c1-9-20(5,6)18-21(7,8)15-14-19(3,4)17-12-10-16(2)11-13-17/h9H,1,10-15H2,2-8H3. The predicted octanol–water partition coefficient (Wildman–Crippen LogP) is 3.59. The van der Waals surface area contributed by atoms with Crippen LogP contribution < -0.4 is 0 Å². The Labute approximate surface area is 135 Å². The van der Waals surface area contributed by atoms with Crippen LogP contribution in [0.4, 0.5) is 0 Å². The largest absolute Gasteiger partial charge is 0.453 e. The van der Waals surface area contributed by atoms with Crippen molar-refractivity contribution in [3.8, 4) is 0 Å². The first-order chi connectivity index (χ1) is 9.47. The van der Waals surface area contributed by atoms with Crippen molar-refractivity contribution in [2.24, 2.45) is 0 Å². The fourth-order valence-corrected chi connectivity index (χ4v) is 16.0. The van der Waals surface area contributed by atoms with Crippen LogP contribution in [0, 0.1) is 0 Å². The zero-order valence-corrected chi connectivity index (χ0v) is 18.3. The molecule has 0 aromatic carbocycles. The van der Waals surface area contributed by atoms with E-state index in [2.05, 4.69) is 68.1 Å². The van der Waals surface area contributed by atoms with Crippen molar-refractivity contribution in [3.63, 3.8) is 0 Å². The molecule has 1 saturated heterocycles. The Bertz CT molecular complexity index is 351. The number of hydrogen-bond acceptors (Lipinski definition) is 3. The van der Waals surface area contributed by atoms with Crippen molar-refractivity contribution in [2.45, 2.75) is 51.4 Å². The topological polar surface area (TPSA) is 15.7 Å². The van der Waals surface area contributed by atoms with Gasteiger partial charge in [-0.15, -0.1) is 6.58 Å². The van der Waals surface area contributed by atoms with Crippen molar-refractivity contribution in [1.29, 1.82) is 0 Å². The summed E-state index contributed by atoms with van der Waals surface area (Å²) < 4.78 is 9.33. The molecule has 0 aliphatic carbocycles. The maximum absolute atomic E-state index is 6.53. The van der Waals surface area contributed by atoms with Gasteiger partial charge in [-0.05, 0) is 45.3 Å². The van der Waals surface area contributed by atoms with Gasteiger partial charge in [0.2, 0.25) is 0 Å². The van der Waals surface area contributed by atoms with E-state index in [0.717, 1.165) is 0 Å². The molecule has 0 unspecified atom stereocenters. The average molecular weight is 345 g/mol. The van der Waals surface area contributed by atoms with Crippen LogP contribution in [-0.4, -0.2) is 67.6 Å². The maximum atomic E-state index is 6.53. The van der Waals surface area contributed by atoms with Gasteiger partial charge in [-0.2, -0.15) is 0 Å². The monoisotopic (exact) mass is 344 g/mol. The smallest absolute Gasteiger partial charge is 0.197 e. The minimum atomic E-state index is -1.64. The molecule has 0 aromatic heterocycles. The van der Waals surface area contributed by atoms with E-state index < -0.39 is 24.9 Å². The number of nitrogens with zero attached hydrogens (tertiary/aromatic N) is 2. The van der Waals surface area contributed by atoms with Gasteiger partial charge in [0.25, 0.3) is 0 Å². The van der Waals surface area contributed by atoms with Gasteiger partial charge in [0.15, 0.2) is 16.6 Å². The van der Waals surface area contributed by atoms with Crippen LogP contribution in [0.15, 0.2) is 12.3 Å². The van der Waals surface area contributed by atoms with Crippen LogP contribution in [0.3, 0.4) is 0 Å². The summed E-state index contributed by atoms with van der Waals surface area (Å²) in [4.78, 5) is 2.45. The second kappa shape index (κ2) is 7.23. The maximum Gasteiger partial charge on any atom is 0.197 e. The molecule has 1 aliphatic heterocycles. The van der Waals surface area contributed by atoms with Crippen molar-refractivity contribution < 1.29 is 4.12 Å². The highest BCUT2D eigenvalue weighted by Gasteiger charge is 2.36. The van der Waals surface area contributed by atoms with E-state index in [9.17, 15) is 0 Å². The molecule has 1 fully saturated rings. The first kappa shape index (κ1) is 19.3. The van der Waals surface area contributed by atoms with Gasteiger partial charge < -0.3 is 13.6 Å². The van der Waals surface area contributed by atoms with Gasteiger partial charge in [0.1, 0.15) is 8.24 Å². The summed E-state index contributed by atoms with van der Waals surface area (Å²) >= 11 is 0. The summed E-state index contributed by atoms with van der Waals surface area (Å²) in [5, 5.41) is 0. The molecule has 1 aliphatic rings. The Kier molecular flexibility index (Phi) is 6.65. The zero-order chi connectivity index (χ0) is 16.3. The molecule has 3 nitrogen and oxygen atoms in total. The van der Waals surface area contributed by atoms with E-state index in [1.54, 1.807) is 0 Å². The quantitative estimate of drug-likeness (QED) is 0.656. The van der Waals surface area contributed by atoms with Gasteiger partial charge in [-0.3, -0.25) is 0 Å². The highest BCUT2D eigenvalue weighted by molar-refractivity contribution is 6.88. The van der Waals surface area contributed by atoms with Crippen LogP contribution in [0.2, 0.25) is 51.4 Å². The van der Waals surface area contributed by atoms with E-state index in [0.29, 0.717) is 0 Å². The van der Waals surface area contributed by atoms with Crippen LogP contribution in [0.1, 0.15) is 0 Å². The van der Waals surface area contributed by atoms with Crippen molar-refractivity contribution in [3.05, 3.63) is 12.3 Å². The molecule has 0 bridgehead atoms. The van der Waals surface area contributed by atoms with Crippen LogP contribution >= 0.6 is 0 Å². The van der Waals surface area contributed by atoms with E-state index in [1.165, 1.54) is 38.3 Å². The normalized spacial score (nSPS) is 19.8. The Balaban J connectivity index is 2.53. The molecule has 1 heterocycles. The molecule has 0 aromatic rings. The molecule has 21 heavy (non-hydrogen) atoms. The molecule has 0 saturated carbocycles. The highest BCUT2D eigenvalue weighted by atomic mass is 28.4. The first-order valence-corrected chi connectivity index (χ1v) is 17.5. The molecule has 0 spiro atoms. The molecule has 0 amide bonds. The lowest BCUT2D eigenvalue weighted by molar-refractivity contribution is 0.216. The predicted molar refractivity (Wildman–Crippen MR) is 102 cm³/mol. The summed E-state index contributed by atoms with van der Waals surface area (Å²) in [5.74, 6) is 0. The van der Waals surface area contributed by atoms with Crippen LogP contribution in [0.25, 0.3) is 0 Å². The lowest BCUT2D eigenvalue weighted by atomic mass is 10.4. The Morgan fingerprint density at radius 2 is 1.48 bits per heavy atom. The number of likely N-dealkylation sites (N-methyl/N-ethyl adjacent to an activating group) is 1. The number of rotatable bonds is 7. The van der Waals surface area contributed by atoms with E-state index in [1.807, 2.05) is 0 Å². The second-order valence-corrected chi connectivity index (χ2v) is 21.5. The SMILES string of the molecule is C=C[Si](C)(C)O[Si](C)(C)CC[Si](C)(C)N1CCN(C)CC1. The third-order valence-corrected chi connectivity index (χ3v) is 15.6.